The van der Waals surface area contributed by atoms with Gasteiger partial charge in [-0.1, -0.05) is 0 Å². The zero-order valence-corrected chi connectivity index (χ0v) is 8.30. The number of ether oxygens (including phenoxy) is 1. The van der Waals surface area contributed by atoms with E-state index in [0.717, 1.165) is 11.4 Å². The quantitative estimate of drug-likeness (QED) is 0.680. The average Bonchev–Trinajstić information content (AvgIpc) is 2.26. The van der Waals surface area contributed by atoms with Crippen LogP contribution in [0.2, 0.25) is 0 Å². The van der Waals surface area contributed by atoms with Crippen LogP contribution < -0.4 is 9.64 Å². The van der Waals surface area contributed by atoms with Gasteiger partial charge in [-0.05, 0) is 24.3 Å². The van der Waals surface area contributed by atoms with Gasteiger partial charge in [0.2, 0.25) is 5.91 Å². The maximum Gasteiger partial charge on any atom is 0.231 e. The minimum Gasteiger partial charge on any atom is -0.497 e. The van der Waals surface area contributed by atoms with Crippen molar-refractivity contribution in [3.8, 4) is 11.8 Å². The molecule has 4 nitrogen and oxygen atoms in total. The Morgan fingerprint density at radius 1 is 1.47 bits per heavy atom. The van der Waals surface area contributed by atoms with E-state index < -0.39 is 0 Å². The molecule has 1 aliphatic rings. The number of hydrogen-bond donors (Lipinski definition) is 0. The average molecular weight is 202 g/mol. The Morgan fingerprint density at radius 2 is 2.13 bits per heavy atom. The number of anilines is 1. The molecule has 0 N–H and O–H groups in total. The fourth-order valence-electron chi connectivity index (χ4n) is 1.59. The van der Waals surface area contributed by atoms with Crippen molar-refractivity contribution in [3.05, 3.63) is 24.3 Å². The van der Waals surface area contributed by atoms with Gasteiger partial charge in [-0.25, -0.2) is 0 Å². The number of benzene rings is 1. The SMILES string of the molecule is COc1ccc(N2C(=O)C[C@H]2C#N)cc1. The fourth-order valence-corrected chi connectivity index (χ4v) is 1.59. The molecule has 0 unspecified atom stereocenters. The smallest absolute Gasteiger partial charge is 0.231 e. The maximum atomic E-state index is 11.3. The van der Waals surface area contributed by atoms with Crippen LogP contribution in [0.5, 0.6) is 5.75 Å². The number of β-lactam (4-membered cyclic amide) rings is 1. The van der Waals surface area contributed by atoms with Gasteiger partial charge in [0.15, 0.2) is 0 Å². The molecule has 0 saturated carbocycles. The third kappa shape index (κ3) is 1.52. The molecule has 0 bridgehead atoms. The number of methoxy groups -OCH3 is 1. The van der Waals surface area contributed by atoms with Gasteiger partial charge in [0, 0.05) is 5.69 Å². The number of hydrogen-bond acceptors (Lipinski definition) is 3. The summed E-state index contributed by atoms with van der Waals surface area (Å²) in [6.07, 6.45) is 0.322. The van der Waals surface area contributed by atoms with E-state index in [1.54, 1.807) is 31.4 Å². The predicted molar refractivity (Wildman–Crippen MR) is 54.5 cm³/mol. The molecule has 0 radical (unpaired) electrons. The first-order valence-electron chi connectivity index (χ1n) is 4.62. The molecule has 0 spiro atoms. The van der Waals surface area contributed by atoms with Crippen LogP contribution in [0.3, 0.4) is 0 Å². The molecule has 1 atom stereocenters. The van der Waals surface area contributed by atoms with Crippen LogP contribution >= 0.6 is 0 Å². The Bertz CT molecular complexity index is 419. The summed E-state index contributed by atoms with van der Waals surface area (Å²) < 4.78 is 5.01. The van der Waals surface area contributed by atoms with E-state index in [4.69, 9.17) is 10.00 Å². The molecule has 4 heteroatoms. The topological polar surface area (TPSA) is 53.3 Å². The molecule has 1 fully saturated rings. The highest BCUT2D eigenvalue weighted by molar-refractivity contribution is 6.01. The second kappa shape index (κ2) is 3.62. The molecular formula is C11H10N2O2. The molecule has 1 aliphatic heterocycles. The Labute approximate surface area is 87.7 Å². The van der Waals surface area contributed by atoms with E-state index in [1.165, 1.54) is 4.90 Å². The number of carbonyl (C=O) groups is 1. The van der Waals surface area contributed by atoms with E-state index in [0.29, 0.717) is 6.42 Å². The van der Waals surface area contributed by atoms with Crippen molar-refractivity contribution in [2.75, 3.05) is 12.0 Å². The second-order valence-corrected chi connectivity index (χ2v) is 3.31. The zero-order valence-electron chi connectivity index (χ0n) is 8.30. The lowest BCUT2D eigenvalue weighted by molar-refractivity contribution is -0.123. The monoisotopic (exact) mass is 202 g/mol. The van der Waals surface area contributed by atoms with Crippen molar-refractivity contribution in [1.29, 1.82) is 5.26 Å². The van der Waals surface area contributed by atoms with Gasteiger partial charge in [-0.3, -0.25) is 9.69 Å². The summed E-state index contributed by atoms with van der Waals surface area (Å²) in [5.74, 6) is 0.729. The van der Waals surface area contributed by atoms with Crippen molar-refractivity contribution in [2.45, 2.75) is 12.5 Å². The van der Waals surface area contributed by atoms with Gasteiger partial charge >= 0.3 is 0 Å². The van der Waals surface area contributed by atoms with Crippen molar-refractivity contribution >= 4 is 11.6 Å². The van der Waals surface area contributed by atoms with Crippen LogP contribution in [0.15, 0.2) is 24.3 Å². The number of carbonyl (C=O) groups excluding carboxylic acids is 1. The van der Waals surface area contributed by atoms with Crippen LogP contribution in [0.1, 0.15) is 6.42 Å². The van der Waals surface area contributed by atoms with Crippen LogP contribution in [0, 0.1) is 11.3 Å². The zero-order chi connectivity index (χ0) is 10.8. The predicted octanol–water partition coefficient (Wildman–Crippen LogP) is 1.32. The van der Waals surface area contributed by atoms with E-state index in [1.807, 2.05) is 0 Å². The lowest BCUT2D eigenvalue weighted by Gasteiger charge is -2.35. The van der Waals surface area contributed by atoms with Crippen molar-refractivity contribution < 1.29 is 9.53 Å². The third-order valence-electron chi connectivity index (χ3n) is 2.45. The Hall–Kier alpha value is -2.02. The molecule has 1 amide bonds. The minimum atomic E-state index is -0.314. The van der Waals surface area contributed by atoms with E-state index >= 15 is 0 Å². The highest BCUT2D eigenvalue weighted by Gasteiger charge is 2.37. The molecule has 1 heterocycles. The summed E-state index contributed by atoms with van der Waals surface area (Å²) in [4.78, 5) is 12.8. The second-order valence-electron chi connectivity index (χ2n) is 3.31. The van der Waals surface area contributed by atoms with Gasteiger partial charge in [0.1, 0.15) is 11.8 Å². The van der Waals surface area contributed by atoms with Crippen LogP contribution in [0.25, 0.3) is 0 Å². The Balaban J connectivity index is 2.22. The van der Waals surface area contributed by atoms with E-state index in [9.17, 15) is 4.79 Å². The normalized spacial score (nSPS) is 19.3. The lowest BCUT2D eigenvalue weighted by Crippen LogP contribution is -2.52. The van der Waals surface area contributed by atoms with Crippen molar-refractivity contribution in [2.24, 2.45) is 0 Å². The molecule has 0 aromatic heterocycles. The first-order valence-corrected chi connectivity index (χ1v) is 4.62. The number of rotatable bonds is 2. The maximum absolute atomic E-state index is 11.3. The Kier molecular flexibility index (Phi) is 2.30. The number of nitriles is 1. The molecule has 15 heavy (non-hydrogen) atoms. The highest BCUT2D eigenvalue weighted by Crippen LogP contribution is 2.28. The third-order valence-corrected chi connectivity index (χ3v) is 2.45. The van der Waals surface area contributed by atoms with Crippen LogP contribution in [-0.4, -0.2) is 19.1 Å². The summed E-state index contributed by atoms with van der Waals surface area (Å²) >= 11 is 0. The van der Waals surface area contributed by atoms with Gasteiger partial charge < -0.3 is 4.74 Å². The summed E-state index contributed by atoms with van der Waals surface area (Å²) in [6.45, 7) is 0. The van der Waals surface area contributed by atoms with Crippen molar-refractivity contribution in [1.82, 2.24) is 0 Å². The summed E-state index contributed by atoms with van der Waals surface area (Å²) in [5.41, 5.74) is 0.749. The fraction of sp³-hybridized carbons (Fsp3) is 0.273. The first kappa shape index (κ1) is 9.53. The largest absolute Gasteiger partial charge is 0.497 e. The van der Waals surface area contributed by atoms with Gasteiger partial charge in [-0.2, -0.15) is 5.26 Å². The Morgan fingerprint density at radius 3 is 2.60 bits per heavy atom. The molecular weight excluding hydrogens is 192 g/mol. The number of amides is 1. The molecule has 2 rings (SSSR count). The molecule has 1 aromatic rings. The van der Waals surface area contributed by atoms with Crippen molar-refractivity contribution in [3.63, 3.8) is 0 Å². The molecule has 1 aromatic carbocycles. The summed E-state index contributed by atoms with van der Waals surface area (Å²) in [5, 5.41) is 8.77. The standard InChI is InChI=1S/C11H10N2O2/c1-15-10-4-2-8(3-5-10)13-9(7-12)6-11(13)14/h2-5,9H,6H2,1H3/t9-/m0/s1. The van der Waals surface area contributed by atoms with Gasteiger partial charge in [-0.15, -0.1) is 0 Å². The van der Waals surface area contributed by atoms with E-state index in [-0.39, 0.29) is 11.9 Å². The first-order chi connectivity index (χ1) is 7.26. The van der Waals surface area contributed by atoms with Crippen LogP contribution in [-0.2, 0) is 4.79 Å². The van der Waals surface area contributed by atoms with E-state index in [2.05, 4.69) is 6.07 Å². The molecule has 0 aliphatic carbocycles. The lowest BCUT2D eigenvalue weighted by atomic mass is 10.0. The molecule has 76 valence electrons. The highest BCUT2D eigenvalue weighted by atomic mass is 16.5. The number of nitrogens with zero attached hydrogens (tertiary/aromatic N) is 2. The summed E-state index contributed by atoms with van der Waals surface area (Å²) in [6, 6.07) is 8.87. The minimum absolute atomic E-state index is 0.00767. The molecule has 1 saturated heterocycles. The van der Waals surface area contributed by atoms with Crippen LogP contribution in [0.4, 0.5) is 5.69 Å². The van der Waals surface area contributed by atoms with Gasteiger partial charge in [0.05, 0.1) is 19.6 Å². The van der Waals surface area contributed by atoms with Gasteiger partial charge in [0.25, 0.3) is 0 Å². The summed E-state index contributed by atoms with van der Waals surface area (Å²) in [7, 11) is 1.59.